The quantitative estimate of drug-likeness (QED) is 0.826. The van der Waals surface area contributed by atoms with Crippen molar-refractivity contribution in [3.8, 4) is 22.9 Å². The molecular weight excluding hydrogens is 242 g/mol. The Morgan fingerprint density at radius 1 is 1.17 bits per heavy atom. The number of aryl methyl sites for hydroxylation is 1. The lowest BCUT2D eigenvalue weighted by atomic mass is 9.98. The summed E-state index contributed by atoms with van der Waals surface area (Å²) < 4.78 is 0. The Balaban J connectivity index is 2.73. The third-order valence-corrected chi connectivity index (χ3v) is 3.62. The van der Waals surface area contributed by atoms with Crippen LogP contribution < -0.4 is 0 Å². The summed E-state index contributed by atoms with van der Waals surface area (Å²) in [6, 6.07) is 13.3. The van der Waals surface area contributed by atoms with Crippen molar-refractivity contribution >= 4 is 11.8 Å². The minimum atomic E-state index is 0.255. The van der Waals surface area contributed by atoms with Gasteiger partial charge in [0.1, 0.15) is 5.75 Å². The molecule has 0 aromatic heterocycles. The molecule has 0 saturated carbocycles. The van der Waals surface area contributed by atoms with Crippen molar-refractivity contribution in [1.82, 2.24) is 0 Å². The summed E-state index contributed by atoms with van der Waals surface area (Å²) >= 11 is 1.48. The lowest BCUT2D eigenvalue weighted by Crippen LogP contribution is -1.88. The molecular formula is C15H13NOS. The van der Waals surface area contributed by atoms with E-state index >= 15 is 0 Å². The van der Waals surface area contributed by atoms with Crippen LogP contribution in [0.15, 0.2) is 41.3 Å². The lowest BCUT2D eigenvalue weighted by molar-refractivity contribution is 0.463. The topological polar surface area (TPSA) is 44.0 Å². The minimum absolute atomic E-state index is 0.255. The number of nitriles is 1. The summed E-state index contributed by atoms with van der Waals surface area (Å²) in [7, 11) is 0. The second-order valence-electron chi connectivity index (χ2n) is 4.02. The van der Waals surface area contributed by atoms with Gasteiger partial charge < -0.3 is 5.11 Å². The molecule has 2 nitrogen and oxygen atoms in total. The average Bonchev–Trinajstić information content (AvgIpc) is 2.38. The first-order chi connectivity index (χ1) is 8.67. The Morgan fingerprint density at radius 2 is 1.94 bits per heavy atom. The Kier molecular flexibility index (Phi) is 3.59. The van der Waals surface area contributed by atoms with Gasteiger partial charge in [-0.1, -0.05) is 29.8 Å². The highest BCUT2D eigenvalue weighted by Gasteiger charge is 2.12. The van der Waals surface area contributed by atoms with Crippen LogP contribution in [-0.4, -0.2) is 11.4 Å². The van der Waals surface area contributed by atoms with Gasteiger partial charge in [-0.2, -0.15) is 5.26 Å². The molecule has 0 fully saturated rings. The Bertz CT molecular complexity index is 629. The van der Waals surface area contributed by atoms with Crippen molar-refractivity contribution < 1.29 is 5.11 Å². The molecule has 2 aromatic rings. The van der Waals surface area contributed by atoms with E-state index in [9.17, 15) is 10.4 Å². The van der Waals surface area contributed by atoms with E-state index < -0.39 is 0 Å². The summed E-state index contributed by atoms with van der Waals surface area (Å²) in [5.74, 6) is 0.255. The van der Waals surface area contributed by atoms with Gasteiger partial charge in [0.25, 0.3) is 0 Å². The molecule has 90 valence electrons. The van der Waals surface area contributed by atoms with Crippen molar-refractivity contribution in [2.75, 3.05) is 6.26 Å². The molecule has 3 heteroatoms. The number of benzene rings is 2. The monoisotopic (exact) mass is 255 g/mol. The smallest absolute Gasteiger partial charge is 0.129 e. The van der Waals surface area contributed by atoms with Crippen molar-refractivity contribution in [2.24, 2.45) is 0 Å². The summed E-state index contributed by atoms with van der Waals surface area (Å²) in [5, 5.41) is 19.1. The number of phenols is 1. The summed E-state index contributed by atoms with van der Waals surface area (Å²) in [5.41, 5.74) is 3.50. The molecule has 0 unspecified atom stereocenters. The van der Waals surface area contributed by atoms with Crippen LogP contribution in [0, 0.1) is 18.3 Å². The van der Waals surface area contributed by atoms with E-state index in [4.69, 9.17) is 0 Å². The number of hydrogen-bond acceptors (Lipinski definition) is 3. The molecule has 0 atom stereocenters. The van der Waals surface area contributed by atoms with Gasteiger partial charge in [0.05, 0.1) is 16.5 Å². The fourth-order valence-electron chi connectivity index (χ4n) is 1.93. The maximum atomic E-state index is 9.88. The largest absolute Gasteiger partial charge is 0.507 e. The third kappa shape index (κ3) is 2.20. The van der Waals surface area contributed by atoms with Gasteiger partial charge in [-0.25, -0.2) is 0 Å². The molecule has 0 aliphatic rings. The second kappa shape index (κ2) is 5.16. The lowest BCUT2D eigenvalue weighted by Gasteiger charge is -2.11. The van der Waals surface area contributed by atoms with Gasteiger partial charge in [-0.3, -0.25) is 0 Å². The van der Waals surface area contributed by atoms with Crippen LogP contribution in [0.3, 0.4) is 0 Å². The predicted molar refractivity (Wildman–Crippen MR) is 74.8 cm³/mol. The molecule has 0 heterocycles. The van der Waals surface area contributed by atoms with E-state index in [0.717, 1.165) is 21.6 Å². The molecule has 18 heavy (non-hydrogen) atoms. The zero-order valence-electron chi connectivity index (χ0n) is 10.3. The normalized spacial score (nSPS) is 10.1. The molecule has 0 aliphatic carbocycles. The van der Waals surface area contributed by atoms with E-state index in [-0.39, 0.29) is 5.75 Å². The van der Waals surface area contributed by atoms with Crippen LogP contribution in [0.25, 0.3) is 11.1 Å². The molecule has 1 N–H and O–H groups in total. The zero-order valence-corrected chi connectivity index (χ0v) is 11.1. The number of rotatable bonds is 2. The highest BCUT2D eigenvalue weighted by molar-refractivity contribution is 7.98. The van der Waals surface area contributed by atoms with Crippen molar-refractivity contribution in [3.05, 3.63) is 47.5 Å². The predicted octanol–water partition coefficient (Wildman–Crippen LogP) is 3.96. The molecule has 0 bridgehead atoms. The van der Waals surface area contributed by atoms with E-state index in [0.29, 0.717) is 5.56 Å². The first kappa shape index (κ1) is 12.5. The number of phenolic OH excluding ortho intramolecular Hbond substituents is 1. The van der Waals surface area contributed by atoms with Crippen molar-refractivity contribution in [2.45, 2.75) is 11.8 Å². The van der Waals surface area contributed by atoms with E-state index in [1.54, 1.807) is 12.1 Å². The third-order valence-electron chi connectivity index (χ3n) is 2.78. The second-order valence-corrected chi connectivity index (χ2v) is 4.84. The van der Waals surface area contributed by atoms with Crippen molar-refractivity contribution in [3.63, 3.8) is 0 Å². The fourth-order valence-corrected chi connectivity index (χ4v) is 2.60. The Labute approximate surface area is 111 Å². The molecule has 0 radical (unpaired) electrons. The van der Waals surface area contributed by atoms with Crippen LogP contribution in [0.5, 0.6) is 5.75 Å². The van der Waals surface area contributed by atoms with Gasteiger partial charge in [0.2, 0.25) is 0 Å². The maximum absolute atomic E-state index is 9.88. The van der Waals surface area contributed by atoms with Crippen LogP contribution >= 0.6 is 11.8 Å². The highest BCUT2D eigenvalue weighted by Crippen LogP contribution is 2.38. The molecule has 2 aromatic carbocycles. The molecule has 0 aliphatic heterocycles. The SMILES string of the molecule is CSc1c(O)cccc1-c1cc(C)ccc1C#N. The van der Waals surface area contributed by atoms with Gasteiger partial charge in [0.15, 0.2) is 0 Å². The standard InChI is InChI=1S/C15H13NOS/c1-10-6-7-11(9-16)13(8-10)12-4-3-5-14(17)15(12)18-2/h3-8,17H,1-2H3. The van der Waals surface area contributed by atoms with E-state index in [1.165, 1.54) is 11.8 Å². The average molecular weight is 255 g/mol. The summed E-state index contributed by atoms with van der Waals surface area (Å²) in [6.07, 6.45) is 1.92. The number of thioether (sulfide) groups is 1. The molecule has 2 rings (SSSR count). The van der Waals surface area contributed by atoms with Gasteiger partial charge >= 0.3 is 0 Å². The number of hydrogen-bond donors (Lipinski definition) is 1. The van der Waals surface area contributed by atoms with Crippen LogP contribution in [0.2, 0.25) is 0 Å². The van der Waals surface area contributed by atoms with Gasteiger partial charge in [-0.05, 0) is 25.3 Å². The molecule has 0 saturated heterocycles. The van der Waals surface area contributed by atoms with Crippen molar-refractivity contribution in [1.29, 1.82) is 5.26 Å². The van der Waals surface area contributed by atoms with E-state index in [1.807, 2.05) is 37.4 Å². The van der Waals surface area contributed by atoms with Crippen LogP contribution in [-0.2, 0) is 0 Å². The summed E-state index contributed by atoms with van der Waals surface area (Å²) in [6.45, 7) is 1.99. The molecule has 0 amide bonds. The number of aromatic hydroxyl groups is 1. The first-order valence-electron chi connectivity index (χ1n) is 5.54. The summed E-state index contributed by atoms with van der Waals surface area (Å²) in [4.78, 5) is 0.805. The first-order valence-corrected chi connectivity index (χ1v) is 6.77. The minimum Gasteiger partial charge on any atom is -0.507 e. The van der Waals surface area contributed by atoms with Crippen LogP contribution in [0.4, 0.5) is 0 Å². The Morgan fingerprint density at radius 3 is 2.61 bits per heavy atom. The maximum Gasteiger partial charge on any atom is 0.129 e. The van der Waals surface area contributed by atoms with E-state index in [2.05, 4.69) is 6.07 Å². The fraction of sp³-hybridized carbons (Fsp3) is 0.133. The van der Waals surface area contributed by atoms with Crippen LogP contribution in [0.1, 0.15) is 11.1 Å². The highest BCUT2D eigenvalue weighted by atomic mass is 32.2. The zero-order chi connectivity index (χ0) is 13.1. The number of nitrogens with zero attached hydrogens (tertiary/aromatic N) is 1. The Hall–Kier alpha value is -1.92. The van der Waals surface area contributed by atoms with Gasteiger partial charge in [-0.15, -0.1) is 11.8 Å². The van der Waals surface area contributed by atoms with Gasteiger partial charge in [0, 0.05) is 11.1 Å². The molecule has 0 spiro atoms.